The first-order chi connectivity index (χ1) is 9.45. The molecule has 1 heterocycles. The summed E-state index contributed by atoms with van der Waals surface area (Å²) in [6.07, 6.45) is 3.07. The Morgan fingerprint density at radius 3 is 1.90 bits per heavy atom. The fraction of sp³-hybridized carbons (Fsp3) is 0.462. The van der Waals surface area contributed by atoms with E-state index in [9.17, 15) is 26.7 Å². The molecule has 1 aliphatic carbocycles. The van der Waals surface area contributed by atoms with Crippen LogP contribution < -0.4 is 4.90 Å². The van der Waals surface area contributed by atoms with Crippen molar-refractivity contribution in [2.75, 3.05) is 4.90 Å². The number of fused-ring (bicyclic) bond motifs is 1. The molecular weight excluding hydrogens is 281 g/mol. The van der Waals surface area contributed by atoms with E-state index in [4.69, 9.17) is 0 Å². The lowest BCUT2D eigenvalue weighted by Crippen LogP contribution is -2.14. The van der Waals surface area contributed by atoms with Gasteiger partial charge < -0.3 is 4.90 Å². The second-order valence-electron chi connectivity index (χ2n) is 5.08. The maximum atomic E-state index is 13.9. The van der Waals surface area contributed by atoms with Gasteiger partial charge in [0.2, 0.25) is 0 Å². The van der Waals surface area contributed by atoms with Gasteiger partial charge in [-0.25, -0.2) is 17.6 Å². The van der Waals surface area contributed by atoms with Gasteiger partial charge in [0.15, 0.2) is 23.3 Å². The van der Waals surface area contributed by atoms with Crippen LogP contribution in [0.4, 0.5) is 27.6 Å². The van der Waals surface area contributed by atoms with Crippen LogP contribution in [0, 0.1) is 23.3 Å². The van der Waals surface area contributed by atoms with Crippen LogP contribution in [0.1, 0.15) is 36.0 Å². The van der Waals surface area contributed by atoms with Crippen LogP contribution in [0.5, 0.6) is 0 Å². The molecule has 20 heavy (non-hydrogen) atoms. The van der Waals surface area contributed by atoms with Gasteiger partial charge in [0.25, 0.3) is 0 Å². The highest BCUT2D eigenvalue weighted by Crippen LogP contribution is 2.47. The number of carbonyl (C=O) groups excluding carboxylic acids is 1. The van der Waals surface area contributed by atoms with Crippen LogP contribution in [0.3, 0.4) is 0 Å². The van der Waals surface area contributed by atoms with Crippen LogP contribution in [-0.2, 0) is 0 Å². The molecule has 0 N–H and O–H groups in total. The number of nitrogens with zero attached hydrogens (tertiary/aromatic N) is 1. The van der Waals surface area contributed by atoms with Gasteiger partial charge in [-0.3, -0.25) is 4.79 Å². The molecule has 2 aliphatic rings. The molecule has 1 aliphatic heterocycles. The van der Waals surface area contributed by atoms with Crippen molar-refractivity contribution in [1.29, 1.82) is 0 Å². The molecule has 0 aromatic heterocycles. The first kappa shape index (κ1) is 13.3. The largest absolute Gasteiger partial charge is 0.358 e. The number of hydrogen-bond acceptors (Lipinski definition) is 2. The van der Waals surface area contributed by atoms with Gasteiger partial charge in [-0.1, -0.05) is 12.8 Å². The van der Waals surface area contributed by atoms with Crippen molar-refractivity contribution in [1.82, 2.24) is 0 Å². The normalized spacial score (nSPS) is 24.6. The number of benzene rings is 1. The molecule has 1 aromatic carbocycles. The smallest absolute Gasteiger partial charge is 0.337 e. The highest BCUT2D eigenvalue weighted by Gasteiger charge is 2.52. The number of carbonyl (C=O) groups is 1. The molecule has 3 rings (SSSR count). The molecule has 2 unspecified atom stereocenters. The zero-order valence-electron chi connectivity index (χ0n) is 10.2. The number of hydrogen-bond donors (Lipinski definition) is 0. The molecule has 2 nitrogen and oxygen atoms in total. The van der Waals surface area contributed by atoms with Crippen LogP contribution in [-0.4, -0.2) is 18.1 Å². The molecule has 2 fully saturated rings. The molecule has 1 saturated carbocycles. The third-order valence-corrected chi connectivity index (χ3v) is 4.02. The number of rotatable bonds is 2. The summed E-state index contributed by atoms with van der Waals surface area (Å²) in [6, 6.07) is -2.64. The Hall–Kier alpha value is -1.66. The maximum absolute atomic E-state index is 13.9. The zero-order chi connectivity index (χ0) is 14.6. The van der Waals surface area contributed by atoms with Crippen molar-refractivity contribution in [2.45, 2.75) is 37.8 Å². The van der Waals surface area contributed by atoms with Crippen molar-refractivity contribution in [3.63, 3.8) is 0 Å². The summed E-state index contributed by atoms with van der Waals surface area (Å²) >= 11 is 0. The molecule has 0 amide bonds. The van der Waals surface area contributed by atoms with Crippen LogP contribution >= 0.6 is 0 Å². The summed E-state index contributed by atoms with van der Waals surface area (Å²) in [4.78, 5) is 12.1. The lowest BCUT2D eigenvalue weighted by Gasteiger charge is -2.13. The van der Waals surface area contributed by atoms with Crippen molar-refractivity contribution >= 4 is 11.7 Å². The van der Waals surface area contributed by atoms with E-state index in [1.165, 1.54) is 4.90 Å². The summed E-state index contributed by atoms with van der Waals surface area (Å²) in [5.41, 5.74) is -2.14. The minimum Gasteiger partial charge on any atom is -0.358 e. The van der Waals surface area contributed by atoms with Crippen LogP contribution in [0.2, 0.25) is 0 Å². The second kappa shape index (κ2) is 4.43. The molecule has 1 saturated heterocycles. The molecule has 1 aromatic rings. The van der Waals surface area contributed by atoms with Gasteiger partial charge >= 0.3 is 6.04 Å². The summed E-state index contributed by atoms with van der Waals surface area (Å²) in [5.74, 6) is -7.88. The molecule has 0 bridgehead atoms. The third kappa shape index (κ3) is 1.72. The minimum atomic E-state index is -2.31. The average molecular weight is 291 g/mol. The highest BCUT2D eigenvalue weighted by atomic mass is 19.2. The van der Waals surface area contributed by atoms with Crippen molar-refractivity contribution < 1.29 is 26.7 Å². The Labute approximate surface area is 111 Å². The molecule has 2 atom stereocenters. The maximum Gasteiger partial charge on any atom is 0.337 e. The van der Waals surface area contributed by atoms with E-state index in [1.54, 1.807) is 0 Å². The Kier molecular flexibility index (Phi) is 2.95. The van der Waals surface area contributed by atoms with Crippen LogP contribution in [0.15, 0.2) is 0 Å². The van der Waals surface area contributed by atoms with Crippen molar-refractivity contribution in [2.24, 2.45) is 0 Å². The van der Waals surface area contributed by atoms with E-state index in [0.29, 0.717) is 12.8 Å². The monoisotopic (exact) mass is 291 g/mol. The predicted molar refractivity (Wildman–Crippen MR) is 60.2 cm³/mol. The highest BCUT2D eigenvalue weighted by molar-refractivity contribution is 5.96. The second-order valence-corrected chi connectivity index (χ2v) is 5.08. The molecular formula is C13H10F5NO. The minimum absolute atomic E-state index is 0.166. The first-order valence-corrected chi connectivity index (χ1v) is 6.29. The zero-order valence-corrected chi connectivity index (χ0v) is 10.2. The van der Waals surface area contributed by atoms with E-state index < -0.39 is 40.6 Å². The SMILES string of the molecule is O=C(F)c1c(F)c(F)c(F)c(F)c1N1C2CCCCC21. The quantitative estimate of drug-likeness (QED) is 0.273. The van der Waals surface area contributed by atoms with E-state index in [-0.39, 0.29) is 12.1 Å². The molecule has 0 radical (unpaired) electrons. The lowest BCUT2D eigenvalue weighted by atomic mass is 10.0. The standard InChI is InChI=1S/C13H10F5NO/c14-8-7(13(18)20)12(11(17)10(16)9(8)15)19-5-3-1-2-4-6(5)19/h5-6H,1-4H2. The third-order valence-electron chi connectivity index (χ3n) is 4.02. The Bertz CT molecular complexity index is 591. The molecule has 108 valence electrons. The van der Waals surface area contributed by atoms with Crippen molar-refractivity contribution in [3.05, 3.63) is 28.8 Å². The number of halogens is 5. The van der Waals surface area contributed by atoms with Gasteiger partial charge in [0.1, 0.15) is 5.56 Å². The molecule has 7 heteroatoms. The van der Waals surface area contributed by atoms with Gasteiger partial charge in [0, 0.05) is 12.1 Å². The van der Waals surface area contributed by atoms with E-state index in [1.807, 2.05) is 0 Å². The Balaban J connectivity index is 2.17. The topological polar surface area (TPSA) is 20.1 Å². The fourth-order valence-corrected chi connectivity index (χ4v) is 3.08. The lowest BCUT2D eigenvalue weighted by molar-refractivity contribution is 0.0830. The van der Waals surface area contributed by atoms with Gasteiger partial charge in [-0.15, -0.1) is 0 Å². The summed E-state index contributed by atoms with van der Waals surface area (Å²) in [6.45, 7) is 0. The van der Waals surface area contributed by atoms with Crippen molar-refractivity contribution in [3.8, 4) is 0 Å². The average Bonchev–Trinajstić information content (AvgIpc) is 3.14. The van der Waals surface area contributed by atoms with E-state index in [2.05, 4.69) is 0 Å². The first-order valence-electron chi connectivity index (χ1n) is 6.29. The summed E-state index contributed by atoms with van der Waals surface area (Å²) < 4.78 is 66.8. The summed E-state index contributed by atoms with van der Waals surface area (Å²) in [5, 5.41) is 0. The van der Waals surface area contributed by atoms with Gasteiger partial charge in [-0.05, 0) is 12.8 Å². The van der Waals surface area contributed by atoms with Gasteiger partial charge in [-0.2, -0.15) is 4.39 Å². The molecule has 0 spiro atoms. The Morgan fingerprint density at radius 2 is 1.40 bits per heavy atom. The van der Waals surface area contributed by atoms with Crippen LogP contribution in [0.25, 0.3) is 0 Å². The fourth-order valence-electron chi connectivity index (χ4n) is 3.08. The predicted octanol–water partition coefficient (Wildman–Crippen LogP) is 3.48. The number of anilines is 1. The summed E-state index contributed by atoms with van der Waals surface area (Å²) in [7, 11) is 0. The van der Waals surface area contributed by atoms with Gasteiger partial charge in [0.05, 0.1) is 5.69 Å². The Morgan fingerprint density at radius 1 is 0.900 bits per heavy atom. The van der Waals surface area contributed by atoms with E-state index in [0.717, 1.165) is 12.8 Å². The van der Waals surface area contributed by atoms with E-state index >= 15 is 0 Å².